The Morgan fingerprint density at radius 1 is 1.17 bits per heavy atom. The van der Waals surface area contributed by atoms with Crippen molar-refractivity contribution >= 4 is 0 Å². The van der Waals surface area contributed by atoms with Crippen LogP contribution in [0, 0.1) is 11.3 Å². The summed E-state index contributed by atoms with van der Waals surface area (Å²) in [6.07, 6.45) is 3.30. The maximum Gasteiger partial charge on any atom is 0.393 e. The molecule has 0 amide bonds. The van der Waals surface area contributed by atoms with E-state index in [9.17, 15) is 13.2 Å². The minimum atomic E-state index is -4.03. The molecular formula is C14H24F3N. The average molecular weight is 263 g/mol. The molecule has 0 aromatic heterocycles. The number of nitrogens with one attached hydrogen (secondary N) is 1. The Morgan fingerprint density at radius 3 is 2.39 bits per heavy atom. The van der Waals surface area contributed by atoms with Crippen molar-refractivity contribution < 1.29 is 13.2 Å². The van der Waals surface area contributed by atoms with Crippen LogP contribution < -0.4 is 5.32 Å². The van der Waals surface area contributed by atoms with E-state index < -0.39 is 12.1 Å². The van der Waals surface area contributed by atoms with Crippen LogP contribution in [0.15, 0.2) is 0 Å². The summed E-state index contributed by atoms with van der Waals surface area (Å²) in [7, 11) is 0. The van der Waals surface area contributed by atoms with Crippen molar-refractivity contribution in [1.82, 2.24) is 5.32 Å². The van der Waals surface area contributed by atoms with Crippen molar-refractivity contribution in [2.75, 3.05) is 6.54 Å². The minimum absolute atomic E-state index is 0.307. The van der Waals surface area contributed by atoms with Crippen molar-refractivity contribution in [3.8, 4) is 0 Å². The van der Waals surface area contributed by atoms with Crippen LogP contribution in [0.25, 0.3) is 0 Å². The van der Waals surface area contributed by atoms with Gasteiger partial charge in [0.1, 0.15) is 0 Å². The fourth-order valence-electron chi connectivity index (χ4n) is 3.34. The SMILES string of the molecule is CCCC1(CNC2CCCCC2C(F)(F)F)CC1. The molecule has 2 atom stereocenters. The summed E-state index contributed by atoms with van der Waals surface area (Å²) >= 11 is 0. The zero-order valence-corrected chi connectivity index (χ0v) is 11.2. The van der Waals surface area contributed by atoms with Gasteiger partial charge in [-0.1, -0.05) is 26.2 Å². The lowest BCUT2D eigenvalue weighted by Crippen LogP contribution is -2.47. The lowest BCUT2D eigenvalue weighted by atomic mass is 9.83. The first kappa shape index (κ1) is 14.2. The molecule has 2 aliphatic carbocycles. The Bertz CT molecular complexity index is 271. The van der Waals surface area contributed by atoms with Crippen LogP contribution in [0.4, 0.5) is 13.2 Å². The van der Waals surface area contributed by atoms with E-state index in [-0.39, 0.29) is 6.04 Å². The van der Waals surface area contributed by atoms with Gasteiger partial charge in [0.2, 0.25) is 0 Å². The van der Waals surface area contributed by atoms with Crippen molar-refractivity contribution in [3.05, 3.63) is 0 Å². The topological polar surface area (TPSA) is 12.0 Å². The Kier molecular flexibility index (Phi) is 4.25. The lowest BCUT2D eigenvalue weighted by molar-refractivity contribution is -0.189. The number of hydrogen-bond acceptors (Lipinski definition) is 1. The zero-order chi connectivity index (χ0) is 13.2. The van der Waals surface area contributed by atoms with Crippen LogP contribution in [0.2, 0.25) is 0 Å². The maximum absolute atomic E-state index is 12.9. The van der Waals surface area contributed by atoms with Crippen LogP contribution in [0.5, 0.6) is 0 Å². The third kappa shape index (κ3) is 3.40. The first-order valence-electron chi connectivity index (χ1n) is 7.27. The molecule has 4 heteroatoms. The van der Waals surface area contributed by atoms with Gasteiger partial charge in [-0.25, -0.2) is 0 Å². The second kappa shape index (κ2) is 5.40. The average Bonchev–Trinajstić information content (AvgIpc) is 3.07. The Hall–Kier alpha value is -0.250. The van der Waals surface area contributed by atoms with Crippen molar-refractivity contribution in [3.63, 3.8) is 0 Å². The predicted molar refractivity (Wildman–Crippen MR) is 66.4 cm³/mol. The molecule has 0 saturated heterocycles. The van der Waals surface area contributed by atoms with Crippen LogP contribution in [0.3, 0.4) is 0 Å². The van der Waals surface area contributed by atoms with Crippen molar-refractivity contribution in [2.45, 2.75) is 70.5 Å². The summed E-state index contributed by atoms with van der Waals surface area (Å²) < 4.78 is 38.8. The molecule has 0 radical (unpaired) electrons. The highest BCUT2D eigenvalue weighted by atomic mass is 19.4. The van der Waals surface area contributed by atoms with Gasteiger partial charge in [0.05, 0.1) is 5.92 Å². The van der Waals surface area contributed by atoms with Gasteiger partial charge in [0.15, 0.2) is 0 Å². The van der Waals surface area contributed by atoms with E-state index in [0.29, 0.717) is 18.3 Å². The van der Waals surface area contributed by atoms with E-state index in [1.165, 1.54) is 12.8 Å². The summed E-state index contributed by atoms with van der Waals surface area (Å²) in [5.41, 5.74) is 0.336. The second-order valence-electron chi connectivity index (χ2n) is 6.17. The largest absolute Gasteiger partial charge is 0.393 e. The van der Waals surface area contributed by atoms with E-state index in [4.69, 9.17) is 0 Å². The molecule has 1 N–H and O–H groups in total. The second-order valence-corrected chi connectivity index (χ2v) is 6.17. The third-order valence-corrected chi connectivity index (χ3v) is 4.66. The highest BCUT2D eigenvalue weighted by Gasteiger charge is 2.47. The van der Waals surface area contributed by atoms with Crippen LogP contribution >= 0.6 is 0 Å². The standard InChI is InChI=1S/C14H24F3N/c1-2-7-13(8-9-13)10-18-12-6-4-3-5-11(12)14(15,16)17/h11-12,18H,2-10H2,1H3. The molecule has 2 unspecified atom stereocenters. The van der Waals surface area contributed by atoms with Gasteiger partial charge in [-0.2, -0.15) is 13.2 Å². The minimum Gasteiger partial charge on any atom is -0.313 e. The highest BCUT2D eigenvalue weighted by molar-refractivity contribution is 4.96. The first-order chi connectivity index (χ1) is 8.47. The molecule has 106 valence electrons. The molecule has 0 aromatic rings. The predicted octanol–water partition coefficient (Wildman–Crippen LogP) is 4.28. The Labute approximate surface area is 108 Å². The van der Waals surface area contributed by atoms with E-state index in [2.05, 4.69) is 12.2 Å². The molecule has 0 aliphatic heterocycles. The highest BCUT2D eigenvalue weighted by Crippen LogP contribution is 2.49. The van der Waals surface area contributed by atoms with Crippen LogP contribution in [-0.2, 0) is 0 Å². The summed E-state index contributed by atoms with van der Waals surface area (Å²) in [6.45, 7) is 2.94. The first-order valence-corrected chi connectivity index (χ1v) is 7.27. The summed E-state index contributed by atoms with van der Waals surface area (Å²) in [6, 6.07) is -0.340. The molecule has 1 nitrogen and oxygen atoms in total. The number of hydrogen-bond donors (Lipinski definition) is 1. The van der Waals surface area contributed by atoms with Gasteiger partial charge in [-0.3, -0.25) is 0 Å². The molecular weight excluding hydrogens is 239 g/mol. The van der Waals surface area contributed by atoms with Gasteiger partial charge in [-0.15, -0.1) is 0 Å². The van der Waals surface area contributed by atoms with Gasteiger partial charge in [0.25, 0.3) is 0 Å². The van der Waals surface area contributed by atoms with E-state index >= 15 is 0 Å². The number of alkyl halides is 3. The van der Waals surface area contributed by atoms with Gasteiger partial charge in [-0.05, 0) is 37.5 Å². The number of rotatable bonds is 5. The maximum atomic E-state index is 12.9. The third-order valence-electron chi connectivity index (χ3n) is 4.66. The molecule has 2 aliphatic rings. The van der Waals surface area contributed by atoms with E-state index in [1.807, 2.05) is 0 Å². The van der Waals surface area contributed by atoms with E-state index in [0.717, 1.165) is 32.2 Å². The smallest absolute Gasteiger partial charge is 0.313 e. The molecule has 2 rings (SSSR count). The monoisotopic (exact) mass is 263 g/mol. The Balaban J connectivity index is 1.86. The quantitative estimate of drug-likeness (QED) is 0.780. The lowest BCUT2D eigenvalue weighted by Gasteiger charge is -2.34. The molecule has 0 aromatic carbocycles. The van der Waals surface area contributed by atoms with Gasteiger partial charge < -0.3 is 5.32 Å². The summed E-state index contributed by atoms with van der Waals surface area (Å²) in [5, 5.41) is 3.25. The van der Waals surface area contributed by atoms with Crippen LogP contribution in [-0.4, -0.2) is 18.8 Å². The fraction of sp³-hybridized carbons (Fsp3) is 1.00. The number of halogens is 3. The molecule has 2 fully saturated rings. The summed E-state index contributed by atoms with van der Waals surface area (Å²) in [5.74, 6) is -1.12. The zero-order valence-electron chi connectivity index (χ0n) is 11.2. The normalized spacial score (nSPS) is 31.3. The van der Waals surface area contributed by atoms with Crippen molar-refractivity contribution in [1.29, 1.82) is 0 Å². The molecule has 0 heterocycles. The molecule has 0 bridgehead atoms. The van der Waals surface area contributed by atoms with Crippen molar-refractivity contribution in [2.24, 2.45) is 11.3 Å². The molecule has 0 spiro atoms. The molecule has 2 saturated carbocycles. The summed E-state index contributed by atoms with van der Waals surface area (Å²) in [4.78, 5) is 0. The Morgan fingerprint density at radius 2 is 1.83 bits per heavy atom. The fourth-order valence-corrected chi connectivity index (χ4v) is 3.34. The van der Waals surface area contributed by atoms with Gasteiger partial charge in [0, 0.05) is 12.6 Å². The van der Waals surface area contributed by atoms with E-state index in [1.54, 1.807) is 0 Å². The van der Waals surface area contributed by atoms with Crippen LogP contribution in [0.1, 0.15) is 58.3 Å². The molecule has 18 heavy (non-hydrogen) atoms. The van der Waals surface area contributed by atoms with Gasteiger partial charge >= 0.3 is 6.18 Å².